The van der Waals surface area contributed by atoms with Crippen molar-refractivity contribution in [2.45, 2.75) is 19.9 Å². The number of hydrogen-bond acceptors (Lipinski definition) is 2. The number of carbonyl (C=O) groups excluding carboxylic acids is 1. The Hall–Kier alpha value is -1.35. The average molecular weight is 206 g/mol. The summed E-state index contributed by atoms with van der Waals surface area (Å²) in [4.78, 5) is 11.0. The van der Waals surface area contributed by atoms with Crippen molar-refractivity contribution < 1.29 is 4.79 Å². The van der Waals surface area contributed by atoms with E-state index in [0.717, 1.165) is 0 Å². The molecule has 0 bridgehead atoms. The molecule has 0 aliphatic rings. The number of rotatable bonds is 4. The smallest absolute Gasteiger partial charge is 0.233 e. The number of nitrogens with one attached hydrogen (secondary N) is 2. The fourth-order valence-electron chi connectivity index (χ4n) is 1.39. The van der Waals surface area contributed by atoms with Crippen molar-refractivity contribution in [1.82, 2.24) is 10.6 Å². The molecular formula is C12H18N2O. The van der Waals surface area contributed by atoms with Crippen molar-refractivity contribution in [1.29, 1.82) is 0 Å². The minimum Gasteiger partial charge on any atom is -0.358 e. The number of aryl methyl sites for hydroxylation is 1. The Morgan fingerprint density at radius 2 is 2.20 bits per heavy atom. The zero-order valence-electron chi connectivity index (χ0n) is 9.50. The molecule has 0 fully saturated rings. The Balaban J connectivity index is 2.53. The molecule has 0 radical (unpaired) electrons. The van der Waals surface area contributed by atoms with Crippen LogP contribution in [-0.2, 0) is 4.79 Å². The normalized spacial score (nSPS) is 12.2. The van der Waals surface area contributed by atoms with Gasteiger partial charge in [-0.05, 0) is 19.4 Å². The molecule has 0 spiro atoms. The predicted octanol–water partition coefficient (Wildman–Crippen LogP) is 1.39. The minimum absolute atomic E-state index is 0.00880. The highest BCUT2D eigenvalue weighted by Crippen LogP contribution is 2.12. The lowest BCUT2D eigenvalue weighted by Gasteiger charge is -2.14. The fourth-order valence-corrected chi connectivity index (χ4v) is 1.39. The summed E-state index contributed by atoms with van der Waals surface area (Å²) in [6.07, 6.45) is 0. The van der Waals surface area contributed by atoms with Gasteiger partial charge in [-0.2, -0.15) is 0 Å². The highest BCUT2D eigenvalue weighted by molar-refractivity contribution is 5.77. The lowest BCUT2D eigenvalue weighted by atomic mass is 10.1. The molecule has 1 rings (SSSR count). The van der Waals surface area contributed by atoms with Gasteiger partial charge in [0.15, 0.2) is 0 Å². The molecular weight excluding hydrogens is 188 g/mol. The Bertz CT molecular complexity index is 336. The summed E-state index contributed by atoms with van der Waals surface area (Å²) in [6, 6.07) is 8.48. The van der Waals surface area contributed by atoms with Crippen molar-refractivity contribution in [3.63, 3.8) is 0 Å². The van der Waals surface area contributed by atoms with Gasteiger partial charge in [0.1, 0.15) is 0 Å². The van der Waals surface area contributed by atoms with Gasteiger partial charge in [-0.15, -0.1) is 0 Å². The zero-order chi connectivity index (χ0) is 11.3. The van der Waals surface area contributed by atoms with E-state index in [1.54, 1.807) is 7.05 Å². The monoisotopic (exact) mass is 206 g/mol. The second-order valence-corrected chi connectivity index (χ2v) is 3.69. The molecule has 0 saturated heterocycles. The van der Waals surface area contributed by atoms with Crippen molar-refractivity contribution >= 4 is 5.91 Å². The summed E-state index contributed by atoms with van der Waals surface area (Å²) in [7, 11) is 1.64. The first-order valence-electron chi connectivity index (χ1n) is 5.14. The average Bonchev–Trinajstić information content (AvgIpc) is 2.25. The lowest BCUT2D eigenvalue weighted by Crippen LogP contribution is -2.32. The van der Waals surface area contributed by atoms with Crippen LogP contribution >= 0.6 is 0 Å². The number of likely N-dealkylation sites (N-methyl/N-ethyl adjacent to an activating group) is 1. The van der Waals surface area contributed by atoms with Crippen LogP contribution in [0.1, 0.15) is 24.1 Å². The molecule has 0 saturated carbocycles. The van der Waals surface area contributed by atoms with Gasteiger partial charge in [0.05, 0.1) is 6.54 Å². The Kier molecular flexibility index (Phi) is 4.31. The van der Waals surface area contributed by atoms with Crippen LogP contribution in [0.25, 0.3) is 0 Å². The van der Waals surface area contributed by atoms with E-state index in [1.807, 2.05) is 6.07 Å². The third-order valence-electron chi connectivity index (χ3n) is 2.39. The first kappa shape index (κ1) is 11.7. The van der Waals surface area contributed by atoms with Crippen LogP contribution < -0.4 is 10.6 Å². The van der Waals surface area contributed by atoms with Gasteiger partial charge in [-0.25, -0.2) is 0 Å². The number of hydrogen-bond donors (Lipinski definition) is 2. The van der Waals surface area contributed by atoms with Crippen LogP contribution in [0.5, 0.6) is 0 Å². The van der Waals surface area contributed by atoms with E-state index in [4.69, 9.17) is 0 Å². The van der Waals surface area contributed by atoms with E-state index in [9.17, 15) is 4.79 Å². The number of amides is 1. The van der Waals surface area contributed by atoms with Gasteiger partial charge < -0.3 is 10.6 Å². The first-order chi connectivity index (χ1) is 7.13. The van der Waals surface area contributed by atoms with E-state index >= 15 is 0 Å². The number of benzene rings is 1. The molecule has 1 amide bonds. The van der Waals surface area contributed by atoms with Crippen LogP contribution in [0.15, 0.2) is 24.3 Å². The standard InChI is InChI=1S/C12H18N2O/c1-9-5-4-6-11(7-9)10(2)14-8-12(15)13-3/h4-7,10,14H,8H2,1-3H3,(H,13,15)/t10-/m1/s1. The molecule has 0 aliphatic carbocycles. The fraction of sp³-hybridized carbons (Fsp3) is 0.417. The van der Waals surface area contributed by atoms with Crippen LogP contribution in [-0.4, -0.2) is 19.5 Å². The van der Waals surface area contributed by atoms with Gasteiger partial charge in [-0.3, -0.25) is 4.79 Å². The molecule has 1 aromatic carbocycles. The lowest BCUT2D eigenvalue weighted by molar-refractivity contribution is -0.119. The molecule has 2 N–H and O–H groups in total. The largest absolute Gasteiger partial charge is 0.358 e. The zero-order valence-corrected chi connectivity index (χ0v) is 9.50. The molecule has 0 unspecified atom stereocenters. The highest BCUT2D eigenvalue weighted by Gasteiger charge is 2.06. The van der Waals surface area contributed by atoms with E-state index in [-0.39, 0.29) is 11.9 Å². The molecule has 0 heterocycles. The van der Waals surface area contributed by atoms with Gasteiger partial charge >= 0.3 is 0 Å². The highest BCUT2D eigenvalue weighted by atomic mass is 16.1. The SMILES string of the molecule is CNC(=O)CN[C@H](C)c1cccc(C)c1. The summed E-state index contributed by atoms with van der Waals surface area (Å²) in [5, 5.41) is 5.75. The molecule has 0 aromatic heterocycles. The van der Waals surface area contributed by atoms with E-state index < -0.39 is 0 Å². The summed E-state index contributed by atoms with van der Waals surface area (Å²) in [6.45, 7) is 4.47. The maximum Gasteiger partial charge on any atom is 0.233 e. The first-order valence-corrected chi connectivity index (χ1v) is 5.14. The van der Waals surface area contributed by atoms with Crippen molar-refractivity contribution in [3.8, 4) is 0 Å². The molecule has 3 heteroatoms. The second-order valence-electron chi connectivity index (χ2n) is 3.69. The number of carbonyl (C=O) groups is 1. The van der Waals surface area contributed by atoms with E-state index in [2.05, 4.69) is 42.7 Å². The molecule has 15 heavy (non-hydrogen) atoms. The Labute approximate surface area is 90.9 Å². The summed E-state index contributed by atoms with van der Waals surface area (Å²) >= 11 is 0. The van der Waals surface area contributed by atoms with Gasteiger partial charge in [0, 0.05) is 13.1 Å². The van der Waals surface area contributed by atoms with Crippen molar-refractivity contribution in [3.05, 3.63) is 35.4 Å². The topological polar surface area (TPSA) is 41.1 Å². The van der Waals surface area contributed by atoms with Crippen LogP contribution in [0, 0.1) is 6.92 Å². The van der Waals surface area contributed by atoms with Gasteiger partial charge in [0.2, 0.25) is 5.91 Å². The summed E-state index contributed by atoms with van der Waals surface area (Å²) in [5.41, 5.74) is 2.44. The third-order valence-corrected chi connectivity index (χ3v) is 2.39. The minimum atomic E-state index is 0.00880. The second kappa shape index (κ2) is 5.51. The van der Waals surface area contributed by atoms with Crippen molar-refractivity contribution in [2.24, 2.45) is 0 Å². The Morgan fingerprint density at radius 1 is 1.47 bits per heavy atom. The molecule has 1 atom stereocenters. The van der Waals surface area contributed by atoms with Crippen LogP contribution in [0.3, 0.4) is 0 Å². The molecule has 1 aromatic rings. The van der Waals surface area contributed by atoms with E-state index in [1.165, 1.54) is 11.1 Å². The molecule has 0 aliphatic heterocycles. The summed E-state index contributed by atoms with van der Waals surface area (Å²) < 4.78 is 0. The maximum atomic E-state index is 11.0. The predicted molar refractivity (Wildman–Crippen MR) is 61.7 cm³/mol. The molecule has 3 nitrogen and oxygen atoms in total. The van der Waals surface area contributed by atoms with Crippen LogP contribution in [0.4, 0.5) is 0 Å². The third kappa shape index (κ3) is 3.72. The summed E-state index contributed by atoms with van der Waals surface area (Å²) in [5.74, 6) is 0.00880. The van der Waals surface area contributed by atoms with Gasteiger partial charge in [0.25, 0.3) is 0 Å². The van der Waals surface area contributed by atoms with Crippen LogP contribution in [0.2, 0.25) is 0 Å². The molecule has 82 valence electrons. The van der Waals surface area contributed by atoms with Gasteiger partial charge in [-0.1, -0.05) is 29.8 Å². The Morgan fingerprint density at radius 3 is 2.80 bits per heavy atom. The van der Waals surface area contributed by atoms with Crippen molar-refractivity contribution in [2.75, 3.05) is 13.6 Å². The quantitative estimate of drug-likeness (QED) is 0.781. The maximum absolute atomic E-state index is 11.0. The van der Waals surface area contributed by atoms with E-state index in [0.29, 0.717) is 6.54 Å².